The van der Waals surface area contributed by atoms with Crippen LogP contribution in [0.15, 0.2) is 35.4 Å². The zero-order valence-electron chi connectivity index (χ0n) is 10.6. The number of nitrogens with one attached hydrogen (secondary N) is 2. The van der Waals surface area contributed by atoms with Crippen LogP contribution in [0, 0.1) is 10.1 Å². The van der Waals surface area contributed by atoms with Crippen LogP contribution in [0.5, 0.6) is 0 Å². The number of non-ortho nitro benzene ring substituents is 1. The van der Waals surface area contributed by atoms with E-state index in [0.29, 0.717) is 6.54 Å². The molecular weight excluding hydrogens is 246 g/mol. The fraction of sp³-hybridized carbons (Fsp3) is 0.308. The highest BCUT2D eigenvalue weighted by Crippen LogP contribution is 2.12. The summed E-state index contributed by atoms with van der Waals surface area (Å²) in [6.07, 6.45) is 0. The number of nitro groups is 1. The highest BCUT2D eigenvalue weighted by Gasteiger charge is 2.15. The van der Waals surface area contributed by atoms with Gasteiger partial charge in [0.1, 0.15) is 0 Å². The number of benzene rings is 1. The molecule has 19 heavy (non-hydrogen) atoms. The Balaban J connectivity index is 1.91. The molecule has 1 amide bonds. The number of amides is 1. The largest absolute Gasteiger partial charge is 0.348 e. The Labute approximate surface area is 110 Å². The minimum absolute atomic E-state index is 0.0499. The average molecular weight is 261 g/mol. The first-order valence-electron chi connectivity index (χ1n) is 5.99. The van der Waals surface area contributed by atoms with Crippen molar-refractivity contribution < 1.29 is 9.72 Å². The normalized spacial score (nSPS) is 13.6. The van der Waals surface area contributed by atoms with E-state index in [4.69, 9.17) is 0 Å². The SMILES string of the molecule is CC(C(=O)NCc1ccc([N+](=O)[O-])cc1)=C1CNC1. The molecule has 0 atom stereocenters. The van der Waals surface area contributed by atoms with Crippen LogP contribution in [0.2, 0.25) is 0 Å². The highest BCUT2D eigenvalue weighted by molar-refractivity contribution is 5.93. The summed E-state index contributed by atoms with van der Waals surface area (Å²) >= 11 is 0. The molecule has 6 nitrogen and oxygen atoms in total. The van der Waals surface area contributed by atoms with Crippen molar-refractivity contribution in [2.45, 2.75) is 13.5 Å². The summed E-state index contributed by atoms with van der Waals surface area (Å²) in [5, 5.41) is 16.4. The quantitative estimate of drug-likeness (QED) is 0.483. The van der Waals surface area contributed by atoms with Gasteiger partial charge in [-0.2, -0.15) is 0 Å². The molecule has 1 heterocycles. The lowest BCUT2D eigenvalue weighted by Gasteiger charge is -2.21. The van der Waals surface area contributed by atoms with Crippen LogP contribution in [0.1, 0.15) is 12.5 Å². The maximum Gasteiger partial charge on any atom is 0.269 e. The molecule has 0 bridgehead atoms. The van der Waals surface area contributed by atoms with Crippen molar-refractivity contribution in [2.75, 3.05) is 13.1 Å². The first-order valence-corrected chi connectivity index (χ1v) is 5.99. The third kappa shape index (κ3) is 3.17. The Morgan fingerprint density at radius 1 is 1.37 bits per heavy atom. The van der Waals surface area contributed by atoms with Gasteiger partial charge in [-0.1, -0.05) is 12.1 Å². The summed E-state index contributed by atoms with van der Waals surface area (Å²) in [6.45, 7) is 3.73. The van der Waals surface area contributed by atoms with E-state index in [1.165, 1.54) is 12.1 Å². The van der Waals surface area contributed by atoms with Gasteiger partial charge in [-0.15, -0.1) is 0 Å². The van der Waals surface area contributed by atoms with E-state index in [1.807, 2.05) is 0 Å². The molecule has 1 saturated heterocycles. The standard InChI is InChI=1S/C13H15N3O3/c1-9(11-7-14-8-11)13(17)15-6-10-2-4-12(5-3-10)16(18)19/h2-5,14H,6-8H2,1H3,(H,15,17). The lowest BCUT2D eigenvalue weighted by molar-refractivity contribution is -0.384. The van der Waals surface area contributed by atoms with Crippen LogP contribution in [0.3, 0.4) is 0 Å². The van der Waals surface area contributed by atoms with Gasteiger partial charge in [-0.05, 0) is 18.1 Å². The Bertz CT molecular complexity index is 529. The maximum absolute atomic E-state index is 11.8. The third-order valence-electron chi connectivity index (χ3n) is 3.15. The van der Waals surface area contributed by atoms with E-state index >= 15 is 0 Å². The first kappa shape index (κ1) is 13.2. The van der Waals surface area contributed by atoms with E-state index in [0.717, 1.165) is 29.8 Å². The molecule has 1 aliphatic rings. The van der Waals surface area contributed by atoms with E-state index in [1.54, 1.807) is 19.1 Å². The summed E-state index contributed by atoms with van der Waals surface area (Å²) in [5.41, 5.74) is 2.76. The molecule has 1 aliphatic heterocycles. The Morgan fingerprint density at radius 2 is 2.00 bits per heavy atom. The molecule has 0 unspecified atom stereocenters. The van der Waals surface area contributed by atoms with Crippen molar-refractivity contribution in [1.82, 2.24) is 10.6 Å². The average Bonchev–Trinajstić information content (AvgIpc) is 2.34. The van der Waals surface area contributed by atoms with Gasteiger partial charge in [-0.25, -0.2) is 0 Å². The van der Waals surface area contributed by atoms with Crippen molar-refractivity contribution in [1.29, 1.82) is 0 Å². The fourth-order valence-corrected chi connectivity index (χ4v) is 1.73. The summed E-state index contributed by atoms with van der Waals surface area (Å²) in [6, 6.07) is 6.16. The third-order valence-corrected chi connectivity index (χ3v) is 3.15. The number of nitro benzene ring substituents is 1. The predicted molar refractivity (Wildman–Crippen MR) is 70.5 cm³/mol. The van der Waals surface area contributed by atoms with Gasteiger partial charge < -0.3 is 10.6 Å². The predicted octanol–water partition coefficient (Wildman–Crippen LogP) is 1.13. The first-order chi connectivity index (χ1) is 9.08. The Kier molecular flexibility index (Phi) is 3.91. The van der Waals surface area contributed by atoms with Crippen LogP contribution in [0.4, 0.5) is 5.69 Å². The molecule has 0 spiro atoms. The number of carbonyl (C=O) groups is 1. The maximum atomic E-state index is 11.8. The van der Waals surface area contributed by atoms with Crippen LogP contribution in [-0.4, -0.2) is 23.9 Å². The molecule has 2 rings (SSSR count). The van der Waals surface area contributed by atoms with Crippen LogP contribution in [0.25, 0.3) is 0 Å². The van der Waals surface area contributed by atoms with Crippen LogP contribution in [-0.2, 0) is 11.3 Å². The van der Waals surface area contributed by atoms with Crippen molar-refractivity contribution in [3.05, 3.63) is 51.1 Å². The topological polar surface area (TPSA) is 84.3 Å². The van der Waals surface area contributed by atoms with Gasteiger partial charge in [0.15, 0.2) is 0 Å². The Morgan fingerprint density at radius 3 is 2.47 bits per heavy atom. The number of nitrogens with zero attached hydrogens (tertiary/aromatic N) is 1. The molecule has 0 aliphatic carbocycles. The van der Waals surface area contributed by atoms with Gasteiger partial charge in [-0.3, -0.25) is 14.9 Å². The second kappa shape index (κ2) is 5.62. The minimum atomic E-state index is -0.444. The van der Waals surface area contributed by atoms with Gasteiger partial charge in [0.25, 0.3) is 5.69 Å². The minimum Gasteiger partial charge on any atom is -0.348 e. The van der Waals surface area contributed by atoms with Gasteiger partial charge in [0.2, 0.25) is 5.91 Å². The summed E-state index contributed by atoms with van der Waals surface area (Å²) in [7, 11) is 0. The number of hydrogen-bond acceptors (Lipinski definition) is 4. The molecule has 6 heteroatoms. The molecule has 0 radical (unpaired) electrons. The molecule has 0 saturated carbocycles. The van der Waals surface area contributed by atoms with Crippen LogP contribution >= 0.6 is 0 Å². The number of hydrogen-bond donors (Lipinski definition) is 2. The Hall–Kier alpha value is -2.21. The van der Waals surface area contributed by atoms with E-state index in [9.17, 15) is 14.9 Å². The van der Waals surface area contributed by atoms with Crippen molar-refractivity contribution in [3.8, 4) is 0 Å². The number of carbonyl (C=O) groups excluding carboxylic acids is 1. The molecular formula is C13H15N3O3. The fourth-order valence-electron chi connectivity index (χ4n) is 1.73. The molecule has 0 aromatic heterocycles. The van der Waals surface area contributed by atoms with Crippen molar-refractivity contribution in [3.63, 3.8) is 0 Å². The monoisotopic (exact) mass is 261 g/mol. The van der Waals surface area contributed by atoms with E-state index in [-0.39, 0.29) is 11.6 Å². The zero-order chi connectivity index (χ0) is 13.8. The van der Waals surface area contributed by atoms with Crippen LogP contribution < -0.4 is 10.6 Å². The van der Waals surface area contributed by atoms with Crippen molar-refractivity contribution >= 4 is 11.6 Å². The second-order valence-corrected chi connectivity index (χ2v) is 4.44. The summed E-state index contributed by atoms with van der Waals surface area (Å²) in [4.78, 5) is 21.9. The van der Waals surface area contributed by atoms with Gasteiger partial charge >= 0.3 is 0 Å². The van der Waals surface area contributed by atoms with Gasteiger partial charge in [0.05, 0.1) is 4.92 Å². The lowest BCUT2D eigenvalue weighted by Crippen LogP contribution is -2.37. The second-order valence-electron chi connectivity index (χ2n) is 4.44. The number of rotatable bonds is 4. The highest BCUT2D eigenvalue weighted by atomic mass is 16.6. The van der Waals surface area contributed by atoms with Gasteiger partial charge in [0, 0.05) is 37.3 Å². The van der Waals surface area contributed by atoms with E-state index in [2.05, 4.69) is 10.6 Å². The summed E-state index contributed by atoms with van der Waals surface area (Å²) < 4.78 is 0. The summed E-state index contributed by atoms with van der Waals surface area (Å²) in [5.74, 6) is -0.0881. The molecule has 1 aromatic carbocycles. The zero-order valence-corrected chi connectivity index (χ0v) is 10.6. The lowest BCUT2D eigenvalue weighted by atomic mass is 10.0. The van der Waals surface area contributed by atoms with Crippen molar-refractivity contribution in [2.24, 2.45) is 0 Å². The molecule has 2 N–H and O–H groups in total. The van der Waals surface area contributed by atoms with E-state index < -0.39 is 4.92 Å². The molecule has 1 aromatic rings. The molecule has 100 valence electrons. The molecule has 1 fully saturated rings. The smallest absolute Gasteiger partial charge is 0.269 e.